The van der Waals surface area contributed by atoms with E-state index in [1.807, 2.05) is 54.9 Å². The van der Waals surface area contributed by atoms with Crippen molar-refractivity contribution >= 4 is 38.9 Å². The van der Waals surface area contributed by atoms with E-state index in [1.54, 1.807) is 0 Å². The molecular weight excluding hydrogens is 498 g/mol. The summed E-state index contributed by atoms with van der Waals surface area (Å²) in [6, 6.07) is 21.2. The van der Waals surface area contributed by atoms with Crippen LogP contribution in [0.25, 0.3) is 21.2 Å². The summed E-state index contributed by atoms with van der Waals surface area (Å²) in [6.07, 6.45) is 9.66. The van der Waals surface area contributed by atoms with Gasteiger partial charge in [0.25, 0.3) is 5.91 Å². The van der Waals surface area contributed by atoms with Crippen LogP contribution in [-0.2, 0) is 6.54 Å². The fourth-order valence-corrected chi connectivity index (χ4v) is 6.87. The number of hydrogen-bond acceptors (Lipinski definition) is 4. The molecule has 0 N–H and O–H groups in total. The predicted octanol–water partition coefficient (Wildman–Crippen LogP) is 7.69. The molecule has 0 atom stereocenters. The first-order valence-corrected chi connectivity index (χ1v) is 14.0. The molecule has 2 aromatic heterocycles. The molecule has 1 fully saturated rings. The molecule has 0 aliphatic heterocycles. The maximum atomic E-state index is 14.1. The molecule has 1 aliphatic rings. The molecule has 0 radical (unpaired) electrons. The molecule has 0 unspecified atom stereocenters. The SMILES string of the molecule is C=CCN(C)C1CCC(N(Cc2cccc(-c3ccncc3)c2)C(=O)c2sc3ccccc3c2Cl)CC1. The number of pyridine rings is 1. The van der Waals surface area contributed by atoms with Crippen molar-refractivity contribution in [1.82, 2.24) is 14.8 Å². The van der Waals surface area contributed by atoms with E-state index < -0.39 is 0 Å². The lowest BCUT2D eigenvalue weighted by molar-refractivity contribution is 0.0568. The molecule has 1 saturated carbocycles. The molecule has 2 heterocycles. The van der Waals surface area contributed by atoms with Gasteiger partial charge in [0.15, 0.2) is 0 Å². The Morgan fingerprint density at radius 3 is 2.49 bits per heavy atom. The zero-order valence-electron chi connectivity index (χ0n) is 21.1. The Morgan fingerprint density at radius 1 is 1.03 bits per heavy atom. The lowest BCUT2D eigenvalue weighted by atomic mass is 9.89. The molecule has 5 rings (SSSR count). The van der Waals surface area contributed by atoms with Crippen LogP contribution in [0.5, 0.6) is 0 Å². The van der Waals surface area contributed by atoms with Crippen molar-refractivity contribution in [2.75, 3.05) is 13.6 Å². The molecule has 6 heteroatoms. The molecule has 4 aromatic rings. The van der Waals surface area contributed by atoms with Crippen molar-refractivity contribution in [3.63, 3.8) is 0 Å². The second-order valence-electron chi connectivity index (χ2n) is 9.80. The number of benzene rings is 2. The summed E-state index contributed by atoms with van der Waals surface area (Å²) in [5.74, 6) is 0.0309. The van der Waals surface area contributed by atoms with Gasteiger partial charge in [0.05, 0.1) is 5.02 Å². The number of halogens is 1. The van der Waals surface area contributed by atoms with Gasteiger partial charge in [-0.15, -0.1) is 17.9 Å². The second-order valence-corrected chi connectivity index (χ2v) is 11.2. The average Bonchev–Trinajstić information content (AvgIpc) is 3.28. The maximum absolute atomic E-state index is 14.1. The van der Waals surface area contributed by atoms with Crippen molar-refractivity contribution in [2.45, 2.75) is 44.3 Å². The number of amides is 1. The van der Waals surface area contributed by atoms with E-state index in [-0.39, 0.29) is 11.9 Å². The van der Waals surface area contributed by atoms with E-state index in [2.05, 4.69) is 52.7 Å². The predicted molar refractivity (Wildman–Crippen MR) is 155 cm³/mol. The highest BCUT2D eigenvalue weighted by atomic mass is 35.5. The van der Waals surface area contributed by atoms with Gasteiger partial charge in [-0.2, -0.15) is 0 Å². The van der Waals surface area contributed by atoms with Crippen LogP contribution < -0.4 is 0 Å². The molecule has 0 saturated heterocycles. The molecule has 37 heavy (non-hydrogen) atoms. The van der Waals surface area contributed by atoms with Gasteiger partial charge in [0, 0.05) is 47.7 Å². The highest BCUT2D eigenvalue weighted by molar-refractivity contribution is 7.21. The lowest BCUT2D eigenvalue weighted by Crippen LogP contribution is -2.45. The number of hydrogen-bond donors (Lipinski definition) is 0. The molecule has 0 spiro atoms. The van der Waals surface area contributed by atoms with E-state index in [9.17, 15) is 4.79 Å². The summed E-state index contributed by atoms with van der Waals surface area (Å²) in [5, 5.41) is 1.52. The Hall–Kier alpha value is -2.99. The summed E-state index contributed by atoms with van der Waals surface area (Å²) >= 11 is 8.28. The Labute approximate surface area is 228 Å². The van der Waals surface area contributed by atoms with Crippen molar-refractivity contribution in [2.24, 2.45) is 0 Å². The minimum atomic E-state index is 0.0309. The van der Waals surface area contributed by atoms with Gasteiger partial charge in [-0.1, -0.05) is 54.1 Å². The summed E-state index contributed by atoms with van der Waals surface area (Å²) in [4.78, 5) is 23.4. The van der Waals surface area contributed by atoms with Crippen LogP contribution in [0.1, 0.15) is 40.9 Å². The fraction of sp³-hybridized carbons (Fsp3) is 0.290. The van der Waals surface area contributed by atoms with Crippen LogP contribution in [0.2, 0.25) is 5.02 Å². The number of carbonyl (C=O) groups is 1. The van der Waals surface area contributed by atoms with Gasteiger partial charge in [-0.3, -0.25) is 14.7 Å². The van der Waals surface area contributed by atoms with E-state index in [0.29, 0.717) is 22.5 Å². The van der Waals surface area contributed by atoms with Gasteiger partial charge >= 0.3 is 0 Å². The Morgan fingerprint density at radius 2 is 1.76 bits per heavy atom. The highest BCUT2D eigenvalue weighted by Crippen LogP contribution is 2.38. The summed E-state index contributed by atoms with van der Waals surface area (Å²) in [6.45, 7) is 5.33. The summed E-state index contributed by atoms with van der Waals surface area (Å²) < 4.78 is 1.05. The Bertz CT molecular complexity index is 1380. The summed E-state index contributed by atoms with van der Waals surface area (Å²) in [5.41, 5.74) is 3.36. The molecule has 0 bridgehead atoms. The Balaban J connectivity index is 1.44. The smallest absolute Gasteiger partial charge is 0.266 e. The van der Waals surface area contributed by atoms with Crippen LogP contribution in [0, 0.1) is 0 Å². The zero-order valence-corrected chi connectivity index (χ0v) is 22.7. The standard InChI is InChI=1S/C31H32ClN3OS/c1-3-19-34(2)25-11-13-26(14-12-25)35(31(36)30-29(32)27-9-4-5-10-28(27)37-30)21-22-7-6-8-24(20-22)23-15-17-33-18-16-23/h3-10,15-18,20,25-26H,1,11-14,19,21H2,2H3. The van der Waals surface area contributed by atoms with Crippen molar-refractivity contribution in [1.29, 1.82) is 0 Å². The number of nitrogens with zero attached hydrogens (tertiary/aromatic N) is 3. The van der Waals surface area contributed by atoms with Crippen LogP contribution in [0.15, 0.2) is 85.7 Å². The van der Waals surface area contributed by atoms with E-state index in [0.717, 1.165) is 59.0 Å². The number of aromatic nitrogens is 1. The first kappa shape index (κ1) is 25.7. The topological polar surface area (TPSA) is 36.4 Å². The molecule has 2 aromatic carbocycles. The number of thiophene rings is 1. The van der Waals surface area contributed by atoms with Gasteiger partial charge < -0.3 is 4.90 Å². The molecule has 4 nitrogen and oxygen atoms in total. The molecule has 190 valence electrons. The third kappa shape index (κ3) is 5.64. The highest BCUT2D eigenvalue weighted by Gasteiger charge is 2.32. The van der Waals surface area contributed by atoms with E-state index >= 15 is 0 Å². The zero-order chi connectivity index (χ0) is 25.8. The van der Waals surface area contributed by atoms with E-state index in [4.69, 9.17) is 11.6 Å². The Kier molecular flexibility index (Phi) is 8.04. The average molecular weight is 530 g/mol. The normalized spacial score (nSPS) is 17.7. The number of fused-ring (bicyclic) bond motifs is 1. The van der Waals surface area contributed by atoms with Gasteiger partial charge in [-0.05, 0) is 73.7 Å². The van der Waals surface area contributed by atoms with Gasteiger partial charge in [-0.25, -0.2) is 0 Å². The fourth-order valence-electron chi connectivity index (χ4n) is 5.40. The largest absolute Gasteiger partial charge is 0.331 e. The van der Waals surface area contributed by atoms with Crippen LogP contribution in [-0.4, -0.2) is 46.4 Å². The van der Waals surface area contributed by atoms with E-state index in [1.165, 1.54) is 11.3 Å². The summed E-state index contributed by atoms with van der Waals surface area (Å²) in [7, 11) is 2.16. The van der Waals surface area contributed by atoms with Gasteiger partial charge in [0.1, 0.15) is 4.88 Å². The van der Waals surface area contributed by atoms with Crippen molar-refractivity contribution in [3.8, 4) is 11.1 Å². The van der Waals surface area contributed by atoms with Crippen LogP contribution in [0.4, 0.5) is 0 Å². The van der Waals surface area contributed by atoms with Crippen molar-refractivity contribution in [3.05, 3.63) is 101 Å². The first-order chi connectivity index (χ1) is 18.0. The number of rotatable bonds is 8. The second kappa shape index (κ2) is 11.6. The third-order valence-corrected chi connectivity index (χ3v) is 9.09. The maximum Gasteiger partial charge on any atom is 0.266 e. The molecular formula is C31H32ClN3OS. The number of likely N-dealkylation sites (N-methyl/N-ethyl adjacent to an activating group) is 1. The minimum Gasteiger partial charge on any atom is -0.331 e. The molecule has 1 aliphatic carbocycles. The lowest BCUT2D eigenvalue weighted by Gasteiger charge is -2.39. The quantitative estimate of drug-likeness (QED) is 0.219. The van der Waals surface area contributed by atoms with Crippen LogP contribution >= 0.6 is 22.9 Å². The van der Waals surface area contributed by atoms with Crippen molar-refractivity contribution < 1.29 is 4.79 Å². The third-order valence-electron chi connectivity index (χ3n) is 7.43. The van der Waals surface area contributed by atoms with Crippen LogP contribution in [0.3, 0.4) is 0 Å². The van der Waals surface area contributed by atoms with Gasteiger partial charge in [0.2, 0.25) is 0 Å². The monoisotopic (exact) mass is 529 g/mol. The number of carbonyl (C=O) groups excluding carboxylic acids is 1. The molecule has 1 amide bonds. The minimum absolute atomic E-state index is 0.0309. The first-order valence-electron chi connectivity index (χ1n) is 12.8.